The second-order valence-electron chi connectivity index (χ2n) is 7.41. The Hall–Kier alpha value is -4.26. The predicted molar refractivity (Wildman–Crippen MR) is 113 cm³/mol. The van der Waals surface area contributed by atoms with Crippen LogP contribution in [-0.2, 0) is 4.79 Å². The summed E-state index contributed by atoms with van der Waals surface area (Å²) in [5.74, 6) is -2.35. The highest BCUT2D eigenvalue weighted by atomic mass is 16.6. The standard InChI is InChI=1S/C24H15NO6/c26-23(27)21-15-5-1-3-7-17(15)22-20(16-6-2-4-8-18(16)24(28)31-22)19(21)13-9-11-14(12-10-13)25(29)30/h1-12,19,21H,(H,26,27)/t19-,21-/m0/s1. The van der Waals surface area contributed by atoms with Gasteiger partial charge in [-0.25, -0.2) is 4.79 Å². The molecule has 0 bridgehead atoms. The zero-order valence-electron chi connectivity index (χ0n) is 16.0. The van der Waals surface area contributed by atoms with Crippen molar-refractivity contribution < 1.29 is 19.2 Å². The molecule has 31 heavy (non-hydrogen) atoms. The molecule has 4 aromatic rings. The first kappa shape index (κ1) is 18.7. The van der Waals surface area contributed by atoms with Gasteiger partial charge in [-0.1, -0.05) is 54.6 Å². The first-order chi connectivity index (χ1) is 15.0. The average Bonchev–Trinajstić information content (AvgIpc) is 2.78. The molecule has 2 atom stereocenters. The summed E-state index contributed by atoms with van der Waals surface area (Å²) in [5.41, 5.74) is 1.69. The third-order valence-corrected chi connectivity index (χ3v) is 5.79. The monoisotopic (exact) mass is 413 g/mol. The lowest BCUT2D eigenvalue weighted by Gasteiger charge is -2.33. The summed E-state index contributed by atoms with van der Waals surface area (Å²) in [5, 5.41) is 22.3. The van der Waals surface area contributed by atoms with Crippen LogP contribution in [0.5, 0.6) is 0 Å². The molecule has 5 rings (SSSR count). The van der Waals surface area contributed by atoms with E-state index in [4.69, 9.17) is 4.42 Å². The Balaban J connectivity index is 1.90. The maximum atomic E-state index is 12.7. The van der Waals surface area contributed by atoms with Gasteiger partial charge in [0, 0.05) is 29.2 Å². The summed E-state index contributed by atoms with van der Waals surface area (Å²) in [7, 11) is 0. The van der Waals surface area contributed by atoms with E-state index in [9.17, 15) is 24.8 Å². The Morgan fingerprint density at radius 1 is 0.935 bits per heavy atom. The molecule has 0 spiro atoms. The molecule has 0 unspecified atom stereocenters. The number of carboxylic acids is 1. The SMILES string of the molecule is O=C(O)[C@H]1c2ccccc2-c2oc(=O)c3ccccc3c2[C@@H]1c1ccc([N+](=O)[O-])cc1. The summed E-state index contributed by atoms with van der Waals surface area (Å²) in [6.45, 7) is 0. The highest BCUT2D eigenvalue weighted by molar-refractivity contribution is 5.95. The van der Waals surface area contributed by atoms with Gasteiger partial charge in [-0.15, -0.1) is 0 Å². The Labute approximate surface area is 175 Å². The fourth-order valence-corrected chi connectivity index (χ4v) is 4.49. The zero-order chi connectivity index (χ0) is 21.7. The van der Waals surface area contributed by atoms with Crippen LogP contribution in [0.2, 0.25) is 0 Å². The normalized spacial score (nSPS) is 17.0. The molecule has 3 aromatic carbocycles. The number of nitro benzene ring substituents is 1. The van der Waals surface area contributed by atoms with Crippen molar-refractivity contribution >= 4 is 22.4 Å². The number of nitrogens with zero attached hydrogens (tertiary/aromatic N) is 1. The van der Waals surface area contributed by atoms with Gasteiger partial charge in [-0.3, -0.25) is 14.9 Å². The van der Waals surface area contributed by atoms with Crippen LogP contribution in [0.1, 0.15) is 28.5 Å². The number of carbonyl (C=O) groups is 1. The van der Waals surface area contributed by atoms with E-state index in [0.717, 1.165) is 0 Å². The van der Waals surface area contributed by atoms with Crippen LogP contribution in [0.4, 0.5) is 5.69 Å². The van der Waals surface area contributed by atoms with Crippen LogP contribution >= 0.6 is 0 Å². The number of hydrogen-bond donors (Lipinski definition) is 1. The van der Waals surface area contributed by atoms with Gasteiger partial charge in [0.25, 0.3) is 5.69 Å². The fraction of sp³-hybridized carbons (Fsp3) is 0.0833. The molecule has 7 nitrogen and oxygen atoms in total. The number of rotatable bonds is 3. The lowest BCUT2D eigenvalue weighted by Crippen LogP contribution is -2.26. The Kier molecular flexibility index (Phi) is 4.18. The molecule has 0 saturated carbocycles. The molecule has 1 aliphatic rings. The van der Waals surface area contributed by atoms with E-state index in [0.29, 0.717) is 38.8 Å². The van der Waals surface area contributed by atoms with E-state index in [1.54, 1.807) is 60.7 Å². The molecule has 0 amide bonds. The minimum Gasteiger partial charge on any atom is -0.481 e. The smallest absolute Gasteiger partial charge is 0.344 e. The topological polar surface area (TPSA) is 111 Å². The molecule has 7 heteroatoms. The van der Waals surface area contributed by atoms with Gasteiger partial charge in [0.05, 0.1) is 16.2 Å². The van der Waals surface area contributed by atoms with Crippen molar-refractivity contribution in [3.05, 3.63) is 110 Å². The first-order valence-electron chi connectivity index (χ1n) is 9.59. The van der Waals surface area contributed by atoms with Crippen LogP contribution in [0, 0.1) is 10.1 Å². The minimum atomic E-state index is -1.03. The van der Waals surface area contributed by atoms with E-state index < -0.39 is 28.4 Å². The number of fused-ring (bicyclic) bond motifs is 5. The molecule has 0 aliphatic heterocycles. The van der Waals surface area contributed by atoms with Crippen molar-refractivity contribution in [1.29, 1.82) is 0 Å². The van der Waals surface area contributed by atoms with Gasteiger partial charge in [0.2, 0.25) is 0 Å². The van der Waals surface area contributed by atoms with Gasteiger partial charge in [0.15, 0.2) is 0 Å². The van der Waals surface area contributed by atoms with E-state index >= 15 is 0 Å². The largest absolute Gasteiger partial charge is 0.481 e. The third kappa shape index (κ3) is 2.82. The lowest BCUT2D eigenvalue weighted by molar-refractivity contribution is -0.384. The second-order valence-corrected chi connectivity index (χ2v) is 7.41. The summed E-state index contributed by atoms with van der Waals surface area (Å²) < 4.78 is 5.72. The van der Waals surface area contributed by atoms with Crippen LogP contribution in [0.15, 0.2) is 82.0 Å². The van der Waals surface area contributed by atoms with Crippen LogP contribution < -0.4 is 5.63 Å². The molecule has 0 radical (unpaired) electrons. The van der Waals surface area contributed by atoms with Crippen molar-refractivity contribution in [3.8, 4) is 11.3 Å². The van der Waals surface area contributed by atoms with Crippen molar-refractivity contribution in [1.82, 2.24) is 0 Å². The number of carboxylic acid groups (broad SMARTS) is 1. The van der Waals surface area contributed by atoms with Gasteiger partial charge in [-0.05, 0) is 22.6 Å². The van der Waals surface area contributed by atoms with Gasteiger partial charge < -0.3 is 9.52 Å². The quantitative estimate of drug-likeness (QED) is 0.386. The number of hydrogen-bond acceptors (Lipinski definition) is 5. The first-order valence-corrected chi connectivity index (χ1v) is 9.59. The summed E-state index contributed by atoms with van der Waals surface area (Å²) in [6.07, 6.45) is 0. The second kappa shape index (κ2) is 6.91. The van der Waals surface area contributed by atoms with Crippen LogP contribution in [-0.4, -0.2) is 16.0 Å². The molecule has 1 N–H and O–H groups in total. The molecule has 1 heterocycles. The predicted octanol–water partition coefficient (Wildman–Crippen LogP) is 4.68. The van der Waals surface area contributed by atoms with E-state index in [1.165, 1.54) is 12.1 Å². The molecule has 1 aliphatic carbocycles. The molecular formula is C24H15NO6. The number of aliphatic carboxylic acids is 1. The number of nitro groups is 1. The Bertz CT molecular complexity index is 1420. The molecule has 0 fully saturated rings. The maximum absolute atomic E-state index is 12.7. The van der Waals surface area contributed by atoms with E-state index in [2.05, 4.69) is 0 Å². The highest BCUT2D eigenvalue weighted by Crippen LogP contribution is 2.51. The zero-order valence-corrected chi connectivity index (χ0v) is 16.0. The summed E-state index contributed by atoms with van der Waals surface area (Å²) in [6, 6.07) is 19.7. The van der Waals surface area contributed by atoms with E-state index in [1.807, 2.05) is 0 Å². The third-order valence-electron chi connectivity index (χ3n) is 5.79. The molecule has 152 valence electrons. The van der Waals surface area contributed by atoms with Gasteiger partial charge in [0.1, 0.15) is 5.76 Å². The van der Waals surface area contributed by atoms with Gasteiger partial charge >= 0.3 is 11.6 Å². The summed E-state index contributed by atoms with van der Waals surface area (Å²) >= 11 is 0. The van der Waals surface area contributed by atoms with Crippen molar-refractivity contribution in [3.63, 3.8) is 0 Å². The number of non-ortho nitro benzene ring substituents is 1. The van der Waals surface area contributed by atoms with Crippen molar-refractivity contribution in [2.45, 2.75) is 11.8 Å². The maximum Gasteiger partial charge on any atom is 0.344 e. The lowest BCUT2D eigenvalue weighted by atomic mass is 9.69. The molecular weight excluding hydrogens is 398 g/mol. The molecule has 0 saturated heterocycles. The van der Waals surface area contributed by atoms with Gasteiger partial charge in [-0.2, -0.15) is 0 Å². The minimum absolute atomic E-state index is 0.0866. The fourth-order valence-electron chi connectivity index (χ4n) is 4.49. The highest BCUT2D eigenvalue weighted by Gasteiger charge is 2.42. The average molecular weight is 413 g/mol. The summed E-state index contributed by atoms with van der Waals surface area (Å²) in [4.78, 5) is 35.8. The van der Waals surface area contributed by atoms with Crippen molar-refractivity contribution in [2.24, 2.45) is 0 Å². The van der Waals surface area contributed by atoms with E-state index in [-0.39, 0.29) is 5.69 Å². The Morgan fingerprint density at radius 2 is 1.58 bits per heavy atom. The van der Waals surface area contributed by atoms with Crippen LogP contribution in [0.3, 0.4) is 0 Å². The van der Waals surface area contributed by atoms with Crippen molar-refractivity contribution in [2.75, 3.05) is 0 Å². The number of benzene rings is 3. The Morgan fingerprint density at radius 3 is 2.26 bits per heavy atom. The molecule has 1 aromatic heterocycles. The van der Waals surface area contributed by atoms with Crippen LogP contribution in [0.25, 0.3) is 22.1 Å².